The Morgan fingerprint density at radius 2 is 2.14 bits per heavy atom. The van der Waals surface area contributed by atoms with E-state index >= 15 is 0 Å². The Kier molecular flexibility index (Phi) is 5.80. The van der Waals surface area contributed by atoms with Crippen molar-refractivity contribution in [2.24, 2.45) is 0 Å². The number of hydrogen-bond acceptors (Lipinski definition) is 4. The van der Waals surface area contributed by atoms with Crippen LogP contribution in [0.2, 0.25) is 0 Å². The average Bonchev–Trinajstić information content (AvgIpc) is 2.54. The first-order valence-electron chi connectivity index (χ1n) is 6.90. The molecule has 1 saturated heterocycles. The highest BCUT2D eigenvalue weighted by atomic mass is 35.5. The number of ether oxygens (including phenoxy) is 1. The number of piperidine rings is 1. The normalized spacial score (nSPS) is 15.6. The topological polar surface area (TPSA) is 71.5 Å². The van der Waals surface area contributed by atoms with Crippen LogP contribution in [0.15, 0.2) is 24.4 Å². The van der Waals surface area contributed by atoms with Gasteiger partial charge in [0, 0.05) is 25.3 Å². The van der Waals surface area contributed by atoms with E-state index < -0.39 is 0 Å². The van der Waals surface area contributed by atoms with Crippen molar-refractivity contribution in [2.45, 2.75) is 18.9 Å². The fraction of sp³-hybridized carbons (Fsp3) is 0.500. The van der Waals surface area contributed by atoms with Gasteiger partial charge >= 0.3 is 6.09 Å². The first kappa shape index (κ1) is 15.6. The Bertz CT molecular complexity index is 476. The van der Waals surface area contributed by atoms with Crippen LogP contribution in [0, 0.1) is 0 Å². The molecule has 7 heteroatoms. The lowest BCUT2D eigenvalue weighted by Crippen LogP contribution is -2.46. The van der Waals surface area contributed by atoms with Crippen molar-refractivity contribution in [3.05, 3.63) is 30.1 Å². The molecule has 0 bridgehead atoms. The van der Waals surface area contributed by atoms with Crippen LogP contribution in [0.1, 0.15) is 23.3 Å². The second kappa shape index (κ2) is 7.83. The van der Waals surface area contributed by atoms with Crippen LogP contribution in [0.25, 0.3) is 0 Å². The maximum atomic E-state index is 12.0. The predicted octanol–water partition coefficient (Wildman–Crippen LogP) is 1.65. The molecular formula is C14H18ClN3O3. The summed E-state index contributed by atoms with van der Waals surface area (Å²) in [5.41, 5.74) is 0.404. The van der Waals surface area contributed by atoms with E-state index in [4.69, 9.17) is 16.3 Å². The zero-order valence-corrected chi connectivity index (χ0v) is 12.4. The van der Waals surface area contributed by atoms with Crippen molar-refractivity contribution in [3.63, 3.8) is 0 Å². The van der Waals surface area contributed by atoms with Crippen LogP contribution < -0.4 is 5.32 Å². The Morgan fingerprint density at radius 1 is 1.38 bits per heavy atom. The van der Waals surface area contributed by atoms with Gasteiger partial charge in [-0.1, -0.05) is 6.07 Å². The molecule has 1 aliphatic heterocycles. The van der Waals surface area contributed by atoms with Gasteiger partial charge in [-0.2, -0.15) is 0 Å². The van der Waals surface area contributed by atoms with E-state index in [1.54, 1.807) is 29.3 Å². The highest BCUT2D eigenvalue weighted by Crippen LogP contribution is 2.12. The van der Waals surface area contributed by atoms with Crippen molar-refractivity contribution < 1.29 is 14.3 Å². The summed E-state index contributed by atoms with van der Waals surface area (Å²) < 4.78 is 4.97. The standard InChI is InChI=1S/C14H18ClN3O3/c15-6-10-21-14(20)18-8-4-11(5-9-18)17-13(19)12-3-1-2-7-16-12/h1-3,7,11H,4-6,8-10H2,(H,17,19). The van der Waals surface area contributed by atoms with Crippen LogP contribution in [0.5, 0.6) is 0 Å². The van der Waals surface area contributed by atoms with Gasteiger partial charge in [0.25, 0.3) is 5.91 Å². The minimum absolute atomic E-state index is 0.0524. The fourth-order valence-electron chi connectivity index (χ4n) is 2.18. The van der Waals surface area contributed by atoms with E-state index in [9.17, 15) is 9.59 Å². The lowest BCUT2D eigenvalue weighted by molar-refractivity contribution is 0.0858. The number of carbonyl (C=O) groups excluding carboxylic acids is 2. The van der Waals surface area contributed by atoms with E-state index in [1.165, 1.54) is 0 Å². The largest absolute Gasteiger partial charge is 0.448 e. The molecule has 2 rings (SSSR count). The van der Waals surface area contributed by atoms with Crippen molar-refractivity contribution in [3.8, 4) is 0 Å². The average molecular weight is 312 g/mol. The summed E-state index contributed by atoms with van der Waals surface area (Å²) in [4.78, 5) is 29.3. The lowest BCUT2D eigenvalue weighted by atomic mass is 10.1. The monoisotopic (exact) mass is 311 g/mol. The summed E-state index contributed by atoms with van der Waals surface area (Å²) in [6.45, 7) is 1.35. The van der Waals surface area contributed by atoms with Gasteiger partial charge in [0.05, 0.1) is 5.88 Å². The van der Waals surface area contributed by atoms with Gasteiger partial charge < -0.3 is 15.0 Å². The van der Waals surface area contributed by atoms with Gasteiger partial charge in [-0.15, -0.1) is 11.6 Å². The molecule has 1 fully saturated rings. The number of nitrogens with zero attached hydrogens (tertiary/aromatic N) is 2. The summed E-state index contributed by atoms with van der Waals surface area (Å²) >= 11 is 5.47. The van der Waals surface area contributed by atoms with Gasteiger partial charge in [-0.25, -0.2) is 4.79 Å². The van der Waals surface area contributed by atoms with Crippen LogP contribution >= 0.6 is 11.6 Å². The molecule has 1 aromatic heterocycles. The van der Waals surface area contributed by atoms with Crippen LogP contribution in [-0.2, 0) is 4.74 Å². The molecule has 21 heavy (non-hydrogen) atoms. The zero-order chi connectivity index (χ0) is 15.1. The molecule has 6 nitrogen and oxygen atoms in total. The first-order chi connectivity index (χ1) is 10.2. The molecule has 0 saturated carbocycles. The number of rotatable bonds is 4. The van der Waals surface area contributed by atoms with E-state index in [-0.39, 0.29) is 24.6 Å². The fourth-order valence-corrected chi connectivity index (χ4v) is 2.26. The molecule has 1 N–H and O–H groups in total. The number of nitrogens with one attached hydrogen (secondary N) is 1. The summed E-state index contributed by atoms with van der Waals surface area (Å²) in [7, 11) is 0. The van der Waals surface area contributed by atoms with E-state index in [2.05, 4.69) is 10.3 Å². The highest BCUT2D eigenvalue weighted by molar-refractivity contribution is 6.18. The number of amides is 2. The third-order valence-electron chi connectivity index (χ3n) is 3.29. The summed E-state index contributed by atoms with van der Waals surface area (Å²) in [6, 6.07) is 5.27. The second-order valence-electron chi connectivity index (χ2n) is 4.75. The predicted molar refractivity (Wildman–Crippen MR) is 78.4 cm³/mol. The van der Waals surface area contributed by atoms with Crippen LogP contribution in [0.3, 0.4) is 0 Å². The van der Waals surface area contributed by atoms with Gasteiger partial charge in [-0.3, -0.25) is 9.78 Å². The Labute approximate surface area is 128 Å². The molecule has 0 atom stereocenters. The Morgan fingerprint density at radius 3 is 2.76 bits per heavy atom. The number of hydrogen-bond donors (Lipinski definition) is 1. The zero-order valence-electron chi connectivity index (χ0n) is 11.6. The molecule has 0 spiro atoms. The number of halogens is 1. The number of alkyl halides is 1. The van der Waals surface area contributed by atoms with Crippen molar-refractivity contribution in [2.75, 3.05) is 25.6 Å². The molecule has 0 unspecified atom stereocenters. The van der Waals surface area contributed by atoms with E-state index in [1.807, 2.05) is 0 Å². The lowest BCUT2D eigenvalue weighted by Gasteiger charge is -2.31. The maximum Gasteiger partial charge on any atom is 0.409 e. The molecule has 2 amide bonds. The smallest absolute Gasteiger partial charge is 0.409 e. The van der Waals surface area contributed by atoms with Crippen LogP contribution in [0.4, 0.5) is 4.79 Å². The quantitative estimate of drug-likeness (QED) is 0.858. The number of aromatic nitrogens is 1. The van der Waals surface area contributed by atoms with E-state index in [0.717, 1.165) is 0 Å². The molecule has 1 aromatic rings. The van der Waals surface area contributed by atoms with Gasteiger partial charge in [0.1, 0.15) is 12.3 Å². The molecule has 0 radical (unpaired) electrons. The Balaban J connectivity index is 1.77. The summed E-state index contributed by atoms with van der Waals surface area (Å²) in [5, 5.41) is 2.94. The molecule has 2 heterocycles. The summed E-state index contributed by atoms with van der Waals surface area (Å²) in [5.74, 6) is 0.112. The molecule has 1 aliphatic rings. The molecule has 114 valence electrons. The SMILES string of the molecule is O=C(NC1CCN(C(=O)OCCCl)CC1)c1ccccn1. The van der Waals surface area contributed by atoms with Crippen molar-refractivity contribution >= 4 is 23.6 Å². The van der Waals surface area contributed by atoms with Gasteiger partial charge in [0.15, 0.2) is 0 Å². The first-order valence-corrected chi connectivity index (χ1v) is 7.43. The van der Waals surface area contributed by atoms with Gasteiger partial charge in [-0.05, 0) is 25.0 Å². The van der Waals surface area contributed by atoms with Gasteiger partial charge in [0.2, 0.25) is 0 Å². The number of carbonyl (C=O) groups is 2. The van der Waals surface area contributed by atoms with E-state index in [0.29, 0.717) is 37.5 Å². The number of pyridine rings is 1. The number of likely N-dealkylation sites (tertiary alicyclic amines) is 1. The maximum absolute atomic E-state index is 12.0. The minimum Gasteiger partial charge on any atom is -0.448 e. The van der Waals surface area contributed by atoms with Crippen molar-refractivity contribution in [1.82, 2.24) is 15.2 Å². The minimum atomic E-state index is -0.342. The summed E-state index contributed by atoms with van der Waals surface area (Å²) in [6.07, 6.45) is 2.65. The third kappa shape index (κ3) is 4.60. The third-order valence-corrected chi connectivity index (χ3v) is 3.44. The molecule has 0 aromatic carbocycles. The molecule has 0 aliphatic carbocycles. The highest BCUT2D eigenvalue weighted by Gasteiger charge is 2.25. The van der Waals surface area contributed by atoms with Crippen LogP contribution in [-0.4, -0.2) is 53.5 Å². The van der Waals surface area contributed by atoms with Crippen molar-refractivity contribution in [1.29, 1.82) is 0 Å². The Hall–Kier alpha value is -1.82. The second-order valence-corrected chi connectivity index (χ2v) is 5.13. The molecular weight excluding hydrogens is 294 g/mol.